The Morgan fingerprint density at radius 3 is 2.14 bits per heavy atom. The summed E-state index contributed by atoms with van der Waals surface area (Å²) in [5.74, 6) is -1.34. The zero-order chi connectivity index (χ0) is 42.9. The van der Waals surface area contributed by atoms with E-state index in [9.17, 15) is 19.5 Å². The van der Waals surface area contributed by atoms with E-state index >= 15 is 0 Å². The highest BCUT2D eigenvalue weighted by molar-refractivity contribution is 6.74. The summed E-state index contributed by atoms with van der Waals surface area (Å²) in [7, 11) is -2.58. The monoisotopic (exact) mass is 814 g/mol. The molecule has 13 heteroatoms. The number of amides is 2. The van der Waals surface area contributed by atoms with Crippen LogP contribution < -0.4 is 9.33 Å². The van der Waals surface area contributed by atoms with Crippen molar-refractivity contribution in [2.45, 2.75) is 169 Å². The van der Waals surface area contributed by atoms with Gasteiger partial charge in [0.05, 0.1) is 11.8 Å². The van der Waals surface area contributed by atoms with Gasteiger partial charge in [0.1, 0.15) is 40.8 Å². The SMILES string of the molecule is C[C@@H]1/C=C\[C@@H](O)[C@H]2OC(C)(C)O[C@H]2C/C=C/c2cc(N(CC3CCN(C(=O)OC(C)(C)C)CC3)C(=O)OC(C)(C)C)cc(O[Si](C)(C)C(C)(C)C)c2C(=O)O[C@H]1C. The van der Waals surface area contributed by atoms with Crippen molar-refractivity contribution in [1.29, 1.82) is 0 Å². The predicted molar refractivity (Wildman–Crippen MR) is 225 cm³/mol. The Morgan fingerprint density at radius 2 is 1.56 bits per heavy atom. The van der Waals surface area contributed by atoms with Gasteiger partial charge in [-0.3, -0.25) is 4.90 Å². The first-order chi connectivity index (χ1) is 26.1. The van der Waals surface area contributed by atoms with Crippen molar-refractivity contribution >= 4 is 38.2 Å². The maximum atomic E-state index is 14.4. The molecule has 320 valence electrons. The van der Waals surface area contributed by atoms with Crippen LogP contribution in [0.4, 0.5) is 15.3 Å². The van der Waals surface area contributed by atoms with Crippen molar-refractivity contribution in [3.05, 3.63) is 41.5 Å². The first kappa shape index (κ1) is 46.3. The third-order valence-corrected chi connectivity index (χ3v) is 15.3. The van der Waals surface area contributed by atoms with Gasteiger partial charge in [-0.1, -0.05) is 52.0 Å². The van der Waals surface area contributed by atoms with E-state index in [0.717, 1.165) is 0 Å². The van der Waals surface area contributed by atoms with E-state index in [4.69, 9.17) is 28.1 Å². The van der Waals surface area contributed by atoms with Crippen molar-refractivity contribution in [3.8, 4) is 5.75 Å². The smallest absolute Gasteiger partial charge is 0.414 e. The van der Waals surface area contributed by atoms with E-state index in [1.165, 1.54) is 0 Å². The van der Waals surface area contributed by atoms with Crippen molar-refractivity contribution < 1.29 is 47.6 Å². The van der Waals surface area contributed by atoms with E-state index in [1.807, 2.05) is 93.5 Å². The number of anilines is 1. The van der Waals surface area contributed by atoms with Crippen molar-refractivity contribution in [1.82, 2.24) is 4.90 Å². The fourth-order valence-corrected chi connectivity index (χ4v) is 7.69. The number of esters is 1. The lowest BCUT2D eigenvalue weighted by Crippen LogP contribution is -2.46. The molecular formula is C44H70N2O10Si. The molecule has 0 unspecified atom stereocenters. The van der Waals surface area contributed by atoms with Gasteiger partial charge in [0.25, 0.3) is 8.32 Å². The molecule has 1 aromatic rings. The number of hydrogen-bond donors (Lipinski definition) is 1. The normalized spacial score (nSPS) is 26.3. The number of fused-ring (bicyclic) bond motifs is 2. The van der Waals surface area contributed by atoms with E-state index in [-0.39, 0.29) is 28.5 Å². The van der Waals surface area contributed by atoms with Crippen LogP contribution in [0.2, 0.25) is 18.1 Å². The minimum Gasteiger partial charge on any atom is -0.543 e. The molecule has 0 radical (unpaired) electrons. The average molecular weight is 815 g/mol. The molecule has 0 spiro atoms. The first-order valence-electron chi connectivity index (χ1n) is 20.5. The van der Waals surface area contributed by atoms with Crippen molar-refractivity contribution in [2.24, 2.45) is 11.8 Å². The zero-order valence-electron chi connectivity index (χ0n) is 37.2. The Kier molecular flexibility index (Phi) is 14.2. The number of hydrogen-bond acceptors (Lipinski definition) is 10. The number of rotatable bonds is 5. The quantitative estimate of drug-likeness (QED) is 0.133. The molecule has 2 amide bonds. The fraction of sp³-hybridized carbons (Fsp3) is 0.705. The van der Waals surface area contributed by atoms with Gasteiger partial charge >= 0.3 is 18.2 Å². The number of carbonyl (C=O) groups excluding carboxylic acids is 3. The molecule has 1 N–H and O–H groups in total. The predicted octanol–water partition coefficient (Wildman–Crippen LogP) is 9.49. The Bertz CT molecular complexity index is 1660. The molecular weight excluding hydrogens is 745 g/mol. The molecule has 0 bridgehead atoms. The Balaban J connectivity index is 1.86. The lowest BCUT2D eigenvalue weighted by Gasteiger charge is -2.38. The fourth-order valence-electron chi connectivity index (χ4n) is 6.68. The number of nitrogens with zero attached hydrogens (tertiary/aromatic N) is 2. The molecule has 5 atom stereocenters. The van der Waals surface area contributed by atoms with Gasteiger partial charge in [0.15, 0.2) is 5.79 Å². The summed E-state index contributed by atoms with van der Waals surface area (Å²) in [6, 6.07) is 3.58. The minimum atomic E-state index is -2.58. The maximum absolute atomic E-state index is 14.4. The highest BCUT2D eigenvalue weighted by atomic mass is 28.4. The van der Waals surface area contributed by atoms with Gasteiger partial charge in [-0.25, -0.2) is 14.4 Å². The largest absolute Gasteiger partial charge is 0.543 e. The van der Waals surface area contributed by atoms with Crippen molar-refractivity contribution in [3.63, 3.8) is 0 Å². The van der Waals surface area contributed by atoms with Gasteiger partial charge < -0.3 is 38.1 Å². The highest BCUT2D eigenvalue weighted by Gasteiger charge is 2.44. The summed E-state index contributed by atoms with van der Waals surface area (Å²) in [5.41, 5.74) is -0.120. The molecule has 57 heavy (non-hydrogen) atoms. The van der Waals surface area contributed by atoms with Crippen LogP contribution in [0.3, 0.4) is 0 Å². The van der Waals surface area contributed by atoms with Gasteiger partial charge in [-0.2, -0.15) is 0 Å². The number of ether oxygens (including phenoxy) is 5. The molecule has 0 aromatic heterocycles. The summed E-state index contributed by atoms with van der Waals surface area (Å²) in [5, 5.41) is 11.0. The number of aliphatic hydroxyl groups excluding tert-OH is 1. The van der Waals surface area contributed by atoms with E-state index in [1.54, 1.807) is 21.9 Å². The topological polar surface area (TPSA) is 133 Å². The second-order valence-corrected chi connectivity index (χ2v) is 24.6. The Hall–Kier alpha value is -3.39. The standard InChI is InChI=1S/C44H70N2O10Si/c1-28-19-20-33(47)37-34(52-44(12,13)53-37)18-16-17-31-25-32(26-35(36(31)38(48)51-29(28)2)56-57(14,15)43(9,10)11)46(40(50)55-42(6,7)8)27-30-21-23-45(24-22-30)39(49)54-41(3,4)5/h16-17,19-20,25-26,28-30,33-34,37,47H,18,21-24,27H2,1-15H3/b17-16+,20-19-/t28-,29+,33-,34+,37-/m1/s1. The molecule has 3 heterocycles. The average Bonchev–Trinajstić information content (AvgIpc) is 3.37. The second kappa shape index (κ2) is 17.4. The number of cyclic esters (lactones) is 1. The molecule has 4 rings (SSSR count). The number of piperidine rings is 1. The molecule has 12 nitrogen and oxygen atoms in total. The molecule has 2 fully saturated rings. The van der Waals surface area contributed by atoms with Crippen LogP contribution in [0.1, 0.15) is 125 Å². The van der Waals surface area contributed by atoms with Crippen LogP contribution in [-0.2, 0) is 23.7 Å². The maximum Gasteiger partial charge on any atom is 0.414 e. The molecule has 0 aliphatic carbocycles. The van der Waals surface area contributed by atoms with E-state index < -0.39 is 61.8 Å². The van der Waals surface area contributed by atoms with Crippen LogP contribution in [0.15, 0.2) is 30.4 Å². The molecule has 1 aromatic carbocycles. The number of carbonyl (C=O) groups is 3. The van der Waals surface area contributed by atoms with E-state index in [2.05, 4.69) is 33.9 Å². The summed E-state index contributed by atoms with van der Waals surface area (Å²) < 4.78 is 37.2. The third kappa shape index (κ3) is 12.6. The Morgan fingerprint density at radius 1 is 0.947 bits per heavy atom. The van der Waals surface area contributed by atoms with Crippen LogP contribution in [0.5, 0.6) is 5.75 Å². The van der Waals surface area contributed by atoms with E-state index in [0.29, 0.717) is 55.9 Å². The molecule has 0 saturated carbocycles. The molecule has 3 aliphatic rings. The summed E-state index contributed by atoms with van der Waals surface area (Å²) in [6.45, 7) is 30.3. The molecule has 2 saturated heterocycles. The van der Waals surface area contributed by atoms with Crippen LogP contribution >= 0.6 is 0 Å². The molecule has 3 aliphatic heterocycles. The van der Waals surface area contributed by atoms with Crippen LogP contribution in [0.25, 0.3) is 6.08 Å². The first-order valence-corrected chi connectivity index (χ1v) is 23.4. The van der Waals surface area contributed by atoms with Crippen LogP contribution in [0, 0.1) is 11.8 Å². The zero-order valence-corrected chi connectivity index (χ0v) is 38.2. The number of aliphatic hydroxyl groups is 1. The summed E-state index contributed by atoms with van der Waals surface area (Å²) in [6.07, 6.45) is 5.45. The minimum absolute atomic E-state index is 0.0387. The summed E-state index contributed by atoms with van der Waals surface area (Å²) in [4.78, 5) is 44.9. The third-order valence-electron chi connectivity index (χ3n) is 11.0. The van der Waals surface area contributed by atoms with Gasteiger partial charge in [-0.05, 0) is 117 Å². The lowest BCUT2D eigenvalue weighted by molar-refractivity contribution is -0.152. The lowest BCUT2D eigenvalue weighted by atomic mass is 9.95. The second-order valence-electron chi connectivity index (χ2n) is 19.9. The van der Waals surface area contributed by atoms with Gasteiger partial charge in [0.2, 0.25) is 0 Å². The van der Waals surface area contributed by atoms with Gasteiger partial charge in [0, 0.05) is 31.6 Å². The summed E-state index contributed by atoms with van der Waals surface area (Å²) >= 11 is 0. The number of likely N-dealkylation sites (tertiary alicyclic amines) is 1. The van der Waals surface area contributed by atoms with Crippen molar-refractivity contribution in [2.75, 3.05) is 24.5 Å². The van der Waals surface area contributed by atoms with Gasteiger partial charge in [-0.15, -0.1) is 0 Å². The highest BCUT2D eigenvalue weighted by Crippen LogP contribution is 2.42. The number of benzene rings is 1. The Labute approximate surface area is 342 Å². The van der Waals surface area contributed by atoms with Crippen LogP contribution in [-0.4, -0.2) is 97.5 Å².